The van der Waals surface area contributed by atoms with Crippen LogP contribution in [-0.2, 0) is 16.3 Å². The van der Waals surface area contributed by atoms with Crippen molar-refractivity contribution in [2.75, 3.05) is 29.4 Å². The van der Waals surface area contributed by atoms with Crippen molar-refractivity contribution < 1.29 is 13.2 Å². The number of amides is 1. The topological polar surface area (TPSA) is 109 Å². The molecule has 0 saturated carbocycles. The molecule has 2 N–H and O–H groups in total. The Labute approximate surface area is 224 Å². The number of pyridine rings is 2. The summed E-state index contributed by atoms with van der Waals surface area (Å²) >= 11 is 0. The molecule has 2 aliphatic rings. The van der Waals surface area contributed by atoms with E-state index in [1.807, 2.05) is 29.2 Å². The second-order valence-electron chi connectivity index (χ2n) is 11.2. The Balaban J connectivity index is 1.45. The smallest absolute Gasteiger partial charge is 0.253 e. The fourth-order valence-electron chi connectivity index (χ4n) is 6.05. The first-order valence-corrected chi connectivity index (χ1v) is 14.6. The molecular weight excluding hydrogens is 498 g/mol. The van der Waals surface area contributed by atoms with Gasteiger partial charge in [0.1, 0.15) is 17.2 Å². The van der Waals surface area contributed by atoms with Gasteiger partial charge < -0.3 is 15.5 Å². The second-order valence-corrected chi connectivity index (χ2v) is 13.1. The van der Waals surface area contributed by atoms with Gasteiger partial charge in [-0.2, -0.15) is 0 Å². The van der Waals surface area contributed by atoms with E-state index in [-0.39, 0.29) is 21.0 Å². The monoisotopic (exact) mass is 533 g/mol. The Bertz CT molecular complexity index is 1440. The number of rotatable bonds is 7. The second kappa shape index (κ2) is 10.0. The van der Waals surface area contributed by atoms with Crippen LogP contribution in [0.1, 0.15) is 49.5 Å². The fourth-order valence-corrected chi connectivity index (χ4v) is 7.45. The molecule has 2 aromatic heterocycles. The molecule has 5 rings (SSSR count). The van der Waals surface area contributed by atoms with Crippen LogP contribution in [-0.4, -0.2) is 49.5 Å². The van der Waals surface area contributed by atoms with Crippen molar-refractivity contribution in [3.63, 3.8) is 0 Å². The lowest BCUT2D eigenvalue weighted by molar-refractivity contribution is 0.0997. The fraction of sp³-hybridized carbons (Fsp3) is 0.414. The van der Waals surface area contributed by atoms with E-state index in [9.17, 15) is 13.2 Å². The van der Waals surface area contributed by atoms with Crippen LogP contribution in [0.25, 0.3) is 0 Å². The average molecular weight is 534 g/mol. The van der Waals surface area contributed by atoms with Crippen molar-refractivity contribution in [2.45, 2.75) is 55.5 Å². The highest BCUT2D eigenvalue weighted by atomic mass is 32.2. The zero-order valence-electron chi connectivity index (χ0n) is 22.2. The molecule has 0 aliphatic carbocycles. The number of nitrogens with zero attached hydrogens (tertiary/aromatic N) is 4. The van der Waals surface area contributed by atoms with E-state index in [1.165, 1.54) is 23.9 Å². The van der Waals surface area contributed by atoms with Gasteiger partial charge >= 0.3 is 0 Å². The Morgan fingerprint density at radius 2 is 1.84 bits per heavy atom. The molecule has 2 fully saturated rings. The van der Waals surface area contributed by atoms with E-state index in [0.717, 1.165) is 32.4 Å². The van der Waals surface area contributed by atoms with Gasteiger partial charge in [0.2, 0.25) is 9.84 Å². The van der Waals surface area contributed by atoms with Gasteiger partial charge in [-0.25, -0.2) is 18.4 Å². The van der Waals surface area contributed by atoms with Crippen LogP contribution in [0.15, 0.2) is 70.7 Å². The highest BCUT2D eigenvalue weighted by Crippen LogP contribution is 2.39. The zero-order chi connectivity index (χ0) is 27.1. The molecule has 2 atom stereocenters. The molecular formula is C29H35N5O3S. The minimum absolute atomic E-state index is 0.0778. The number of primary amides is 1. The number of nitrogens with two attached hydrogens (primary N) is 1. The molecule has 0 bridgehead atoms. The van der Waals surface area contributed by atoms with Gasteiger partial charge in [0, 0.05) is 31.4 Å². The Morgan fingerprint density at radius 1 is 1.08 bits per heavy atom. The maximum absolute atomic E-state index is 13.9. The minimum Gasteiger partial charge on any atom is -0.365 e. The lowest BCUT2D eigenvalue weighted by Crippen LogP contribution is -2.40. The lowest BCUT2D eigenvalue weighted by Gasteiger charge is -2.33. The summed E-state index contributed by atoms with van der Waals surface area (Å²) in [5, 5.41) is -0.102. The van der Waals surface area contributed by atoms with Crippen LogP contribution in [0, 0.1) is 11.8 Å². The van der Waals surface area contributed by atoms with Crippen molar-refractivity contribution in [3.8, 4) is 0 Å². The Hall–Kier alpha value is -3.46. The average Bonchev–Trinajstić information content (AvgIpc) is 3.46. The molecule has 9 heteroatoms. The largest absolute Gasteiger partial charge is 0.365 e. The number of carbonyl (C=O) groups excluding carboxylic acids is 1. The predicted molar refractivity (Wildman–Crippen MR) is 148 cm³/mol. The van der Waals surface area contributed by atoms with Gasteiger partial charge in [0.05, 0.1) is 4.90 Å². The van der Waals surface area contributed by atoms with Crippen LogP contribution in [0.5, 0.6) is 0 Å². The van der Waals surface area contributed by atoms with Crippen LogP contribution < -0.4 is 15.5 Å². The lowest BCUT2D eigenvalue weighted by atomic mass is 9.97. The van der Waals surface area contributed by atoms with Crippen LogP contribution >= 0.6 is 0 Å². The van der Waals surface area contributed by atoms with Gasteiger partial charge in [-0.05, 0) is 68.7 Å². The van der Waals surface area contributed by atoms with Crippen molar-refractivity contribution in [1.82, 2.24) is 9.97 Å². The molecule has 0 spiro atoms. The van der Waals surface area contributed by atoms with Crippen molar-refractivity contribution in [3.05, 3.63) is 71.9 Å². The maximum Gasteiger partial charge on any atom is 0.253 e. The Morgan fingerprint density at radius 3 is 2.53 bits per heavy atom. The van der Waals surface area contributed by atoms with E-state index in [0.29, 0.717) is 30.0 Å². The first kappa shape index (κ1) is 26.2. The number of hydrogen-bond donors (Lipinski definition) is 1. The van der Waals surface area contributed by atoms with Crippen molar-refractivity contribution >= 4 is 27.4 Å². The summed E-state index contributed by atoms with van der Waals surface area (Å²) < 4.78 is 27.8. The molecule has 0 radical (unpaired) electrons. The molecule has 2 saturated heterocycles. The quantitative estimate of drug-likeness (QED) is 0.487. The third-order valence-electron chi connectivity index (χ3n) is 7.72. The van der Waals surface area contributed by atoms with Gasteiger partial charge in [-0.15, -0.1) is 0 Å². The molecule has 8 nitrogen and oxygen atoms in total. The van der Waals surface area contributed by atoms with Gasteiger partial charge in [0.25, 0.3) is 5.91 Å². The van der Waals surface area contributed by atoms with E-state index in [4.69, 9.17) is 5.73 Å². The summed E-state index contributed by atoms with van der Waals surface area (Å²) in [5.41, 5.74) is 6.72. The van der Waals surface area contributed by atoms with Gasteiger partial charge in [-0.3, -0.25) is 4.79 Å². The number of carbonyl (C=O) groups is 1. The van der Waals surface area contributed by atoms with Crippen molar-refractivity contribution in [2.24, 2.45) is 17.6 Å². The first-order chi connectivity index (χ1) is 18.1. The van der Waals surface area contributed by atoms with Crippen LogP contribution in [0.3, 0.4) is 0 Å². The summed E-state index contributed by atoms with van der Waals surface area (Å²) in [6.45, 7) is 8.54. The number of sulfone groups is 1. The van der Waals surface area contributed by atoms with Crippen LogP contribution in [0.2, 0.25) is 0 Å². The highest BCUT2D eigenvalue weighted by Gasteiger charge is 2.40. The summed E-state index contributed by atoms with van der Waals surface area (Å²) in [6, 6.07) is 16.8. The number of hydrogen-bond acceptors (Lipinski definition) is 7. The molecule has 2 unspecified atom stereocenters. The van der Waals surface area contributed by atoms with Gasteiger partial charge in [0.15, 0.2) is 5.03 Å². The SMILES string of the molecule is CC1CN(c2nccc(S(=O)(=O)c3cccc(N4CCC(Cc5ccccc5)C4)n3)c2C(N)=O)C(C)(C)C1. The summed E-state index contributed by atoms with van der Waals surface area (Å²) in [5.74, 6) is 0.951. The molecule has 2 aliphatic heterocycles. The maximum atomic E-state index is 13.9. The molecule has 4 heterocycles. The Kier molecular flexibility index (Phi) is 6.90. The number of benzene rings is 1. The molecule has 3 aromatic rings. The van der Waals surface area contributed by atoms with E-state index < -0.39 is 15.7 Å². The standard InChI is InChI=1S/C29H35N5O3S/c1-20-17-29(2,3)34(18-20)28-26(27(30)35)23(12-14-31-28)38(36,37)25-11-7-10-24(32-25)33-15-13-22(19-33)16-21-8-5-4-6-9-21/h4-12,14,20,22H,13,15-19H2,1-3H3,(H2,30,35). The molecule has 38 heavy (non-hydrogen) atoms. The van der Waals surface area contributed by atoms with Gasteiger partial charge in [-0.1, -0.05) is 43.3 Å². The summed E-state index contributed by atoms with van der Waals surface area (Å²) in [6.07, 6.45) is 4.32. The molecule has 1 aromatic carbocycles. The minimum atomic E-state index is -4.14. The highest BCUT2D eigenvalue weighted by molar-refractivity contribution is 7.91. The zero-order valence-corrected chi connectivity index (χ0v) is 23.0. The summed E-state index contributed by atoms with van der Waals surface area (Å²) in [4.78, 5) is 25.7. The third-order valence-corrected chi connectivity index (χ3v) is 9.42. The first-order valence-electron chi connectivity index (χ1n) is 13.1. The third kappa shape index (κ3) is 4.99. The molecule has 1 amide bonds. The van der Waals surface area contributed by atoms with E-state index >= 15 is 0 Å². The normalized spacial score (nSPS) is 21.1. The predicted octanol–water partition coefficient (Wildman–Crippen LogP) is 4.10. The summed E-state index contributed by atoms with van der Waals surface area (Å²) in [7, 11) is -4.14. The number of anilines is 2. The van der Waals surface area contributed by atoms with Crippen molar-refractivity contribution in [1.29, 1.82) is 0 Å². The van der Waals surface area contributed by atoms with E-state index in [2.05, 4.69) is 47.8 Å². The molecule has 200 valence electrons. The van der Waals surface area contributed by atoms with Crippen LogP contribution in [0.4, 0.5) is 11.6 Å². The number of aromatic nitrogens is 2. The van der Waals surface area contributed by atoms with E-state index in [1.54, 1.807) is 6.07 Å².